The molecule has 0 radical (unpaired) electrons. The van der Waals surface area contributed by atoms with Crippen LogP contribution in [-0.4, -0.2) is 4.57 Å². The highest BCUT2D eigenvalue weighted by atomic mass is 15.0. The molecule has 0 aliphatic heterocycles. The van der Waals surface area contributed by atoms with Gasteiger partial charge in [-0.25, -0.2) is 0 Å². The molecule has 1 aromatic heterocycles. The van der Waals surface area contributed by atoms with Crippen molar-refractivity contribution in [1.29, 1.82) is 0 Å². The van der Waals surface area contributed by atoms with Gasteiger partial charge < -0.3 is 4.57 Å². The summed E-state index contributed by atoms with van der Waals surface area (Å²) in [4.78, 5) is 0. The molecule has 0 amide bonds. The van der Waals surface area contributed by atoms with Crippen LogP contribution in [-0.2, 0) is 0 Å². The average molecular weight is 696 g/mol. The van der Waals surface area contributed by atoms with E-state index in [1.165, 1.54) is 114 Å². The van der Waals surface area contributed by atoms with Crippen LogP contribution in [0.4, 0.5) is 0 Å². The van der Waals surface area contributed by atoms with E-state index >= 15 is 0 Å². The summed E-state index contributed by atoms with van der Waals surface area (Å²) in [6.07, 6.45) is 0. The van der Waals surface area contributed by atoms with Crippen LogP contribution < -0.4 is 0 Å². The average Bonchev–Trinajstić information content (AvgIpc) is 3.61. The smallest absolute Gasteiger partial charge is 0.0553 e. The fourth-order valence-corrected chi connectivity index (χ4v) is 9.41. The summed E-state index contributed by atoms with van der Waals surface area (Å²) in [5.74, 6) is 0. The molecule has 55 heavy (non-hydrogen) atoms. The Balaban J connectivity index is 1.05. The maximum Gasteiger partial charge on any atom is 0.0553 e. The number of para-hydroxylation sites is 1. The molecule has 1 heteroatoms. The van der Waals surface area contributed by atoms with Gasteiger partial charge in [0.2, 0.25) is 0 Å². The van der Waals surface area contributed by atoms with Gasteiger partial charge in [-0.3, -0.25) is 0 Å². The van der Waals surface area contributed by atoms with E-state index in [0.29, 0.717) is 0 Å². The van der Waals surface area contributed by atoms with Crippen molar-refractivity contribution in [3.63, 3.8) is 0 Å². The molecular weight excluding hydrogens is 663 g/mol. The summed E-state index contributed by atoms with van der Waals surface area (Å²) >= 11 is 0. The minimum atomic E-state index is 1.17. The number of fused-ring (bicyclic) bond motifs is 14. The Bertz CT molecular complexity index is 3500. The summed E-state index contributed by atoms with van der Waals surface area (Å²) in [6.45, 7) is 0. The van der Waals surface area contributed by atoms with Crippen molar-refractivity contribution in [2.24, 2.45) is 0 Å². The van der Waals surface area contributed by atoms with Crippen LogP contribution in [0.5, 0.6) is 0 Å². The lowest BCUT2D eigenvalue weighted by molar-refractivity contribution is 1.18. The van der Waals surface area contributed by atoms with Crippen molar-refractivity contribution in [3.05, 3.63) is 200 Å². The molecule has 0 fully saturated rings. The van der Waals surface area contributed by atoms with Crippen LogP contribution in [0, 0.1) is 0 Å². The fourth-order valence-electron chi connectivity index (χ4n) is 9.41. The number of nitrogens with zero attached hydrogens (tertiary/aromatic N) is 1. The lowest BCUT2D eigenvalue weighted by Gasteiger charge is -2.14. The van der Waals surface area contributed by atoms with E-state index in [1.807, 2.05) is 0 Å². The Kier molecular flexibility index (Phi) is 6.40. The van der Waals surface area contributed by atoms with Gasteiger partial charge >= 0.3 is 0 Å². The largest absolute Gasteiger partial charge is 0.309 e. The number of rotatable bonds is 3. The first-order valence-electron chi connectivity index (χ1n) is 19.1. The fraction of sp³-hybridized carbons (Fsp3) is 0. The molecule has 1 nitrogen and oxygen atoms in total. The van der Waals surface area contributed by atoms with E-state index in [-0.39, 0.29) is 0 Å². The van der Waals surface area contributed by atoms with Gasteiger partial charge in [-0.2, -0.15) is 0 Å². The Morgan fingerprint density at radius 2 is 0.745 bits per heavy atom. The molecule has 0 unspecified atom stereocenters. The third kappa shape index (κ3) is 4.48. The Morgan fingerprint density at radius 3 is 1.47 bits per heavy atom. The van der Waals surface area contributed by atoms with Gasteiger partial charge in [0, 0.05) is 16.5 Å². The summed E-state index contributed by atoms with van der Waals surface area (Å²) < 4.78 is 2.45. The zero-order valence-electron chi connectivity index (χ0n) is 30.0. The zero-order chi connectivity index (χ0) is 36.0. The molecule has 1 heterocycles. The normalized spacial score (nSPS) is 12.0. The standard InChI is InChI=1S/C54H33N/c1-2-13-40(14-3-1)55-51-29-27-34-12-4-5-15-41(34)53(51)54-48-21-11-10-20-46(48)49(33-52(54)55)39-25-24-35-30-36(22-23-37(35)31-39)38-26-28-47-44-18-7-6-16-42(44)43-17-8-9-19-45(43)50(47)32-38/h1-33H. The van der Waals surface area contributed by atoms with E-state index in [4.69, 9.17) is 0 Å². The van der Waals surface area contributed by atoms with Crippen molar-refractivity contribution in [2.45, 2.75) is 0 Å². The molecule has 12 rings (SSSR count). The van der Waals surface area contributed by atoms with E-state index < -0.39 is 0 Å². The van der Waals surface area contributed by atoms with Crippen LogP contribution in [0.3, 0.4) is 0 Å². The topological polar surface area (TPSA) is 4.93 Å². The number of aromatic nitrogens is 1. The molecule has 12 aromatic rings. The van der Waals surface area contributed by atoms with Gasteiger partial charge in [0.1, 0.15) is 0 Å². The molecule has 0 spiro atoms. The summed E-state index contributed by atoms with van der Waals surface area (Å²) in [5.41, 5.74) is 8.54. The quantitative estimate of drug-likeness (QED) is 0.162. The molecule has 11 aromatic carbocycles. The highest BCUT2D eigenvalue weighted by molar-refractivity contribution is 6.30. The molecule has 254 valence electrons. The van der Waals surface area contributed by atoms with Gasteiger partial charge in [0.25, 0.3) is 0 Å². The van der Waals surface area contributed by atoms with Gasteiger partial charge in [-0.05, 0) is 129 Å². The summed E-state index contributed by atoms with van der Waals surface area (Å²) in [5, 5.41) is 18.0. The van der Waals surface area contributed by atoms with E-state index in [1.54, 1.807) is 0 Å². The number of benzene rings is 11. The van der Waals surface area contributed by atoms with Crippen molar-refractivity contribution >= 4 is 86.4 Å². The minimum absolute atomic E-state index is 1.17. The molecule has 0 aliphatic rings. The third-order valence-electron chi connectivity index (χ3n) is 11.9. The van der Waals surface area contributed by atoms with Crippen molar-refractivity contribution in [1.82, 2.24) is 4.57 Å². The second-order valence-electron chi connectivity index (χ2n) is 14.8. The van der Waals surface area contributed by atoms with Crippen molar-refractivity contribution in [3.8, 4) is 27.9 Å². The predicted molar refractivity (Wildman–Crippen MR) is 237 cm³/mol. The summed E-state index contributed by atoms with van der Waals surface area (Å²) in [6, 6.07) is 74.0. The van der Waals surface area contributed by atoms with Crippen LogP contribution in [0.2, 0.25) is 0 Å². The predicted octanol–water partition coefficient (Wildman–Crippen LogP) is 15.0. The second kappa shape index (κ2) is 11.6. The van der Waals surface area contributed by atoms with Gasteiger partial charge in [-0.15, -0.1) is 0 Å². The third-order valence-corrected chi connectivity index (χ3v) is 11.9. The monoisotopic (exact) mass is 695 g/mol. The lowest BCUT2D eigenvalue weighted by atomic mass is 9.91. The molecular formula is C54H33N. The molecule has 0 aliphatic carbocycles. The highest BCUT2D eigenvalue weighted by Gasteiger charge is 2.20. The SMILES string of the molecule is c1ccc(-n2c3ccc4ccccc4c3c3c4ccccc4c(-c4ccc5cc(-c6ccc7c8ccccc8c8ccccc8c7c6)ccc5c4)cc32)cc1. The molecule has 0 atom stereocenters. The Hall–Kier alpha value is -7.22. The minimum Gasteiger partial charge on any atom is -0.309 e. The highest BCUT2D eigenvalue weighted by Crippen LogP contribution is 2.44. The lowest BCUT2D eigenvalue weighted by Crippen LogP contribution is -1.94. The van der Waals surface area contributed by atoms with Gasteiger partial charge in [0.15, 0.2) is 0 Å². The molecule has 0 saturated heterocycles. The number of hydrogen-bond acceptors (Lipinski definition) is 0. The van der Waals surface area contributed by atoms with Crippen LogP contribution >= 0.6 is 0 Å². The Morgan fingerprint density at radius 1 is 0.255 bits per heavy atom. The van der Waals surface area contributed by atoms with Gasteiger partial charge in [-0.1, -0.05) is 158 Å². The maximum atomic E-state index is 2.45. The van der Waals surface area contributed by atoms with Crippen molar-refractivity contribution < 1.29 is 0 Å². The van der Waals surface area contributed by atoms with Crippen molar-refractivity contribution in [2.75, 3.05) is 0 Å². The number of hydrogen-bond donors (Lipinski definition) is 0. The summed E-state index contributed by atoms with van der Waals surface area (Å²) in [7, 11) is 0. The van der Waals surface area contributed by atoms with Crippen LogP contribution in [0.1, 0.15) is 0 Å². The Labute approximate surface area is 317 Å². The molecule has 0 N–H and O–H groups in total. The zero-order valence-corrected chi connectivity index (χ0v) is 30.0. The molecule has 0 bridgehead atoms. The first-order valence-corrected chi connectivity index (χ1v) is 19.1. The van der Waals surface area contributed by atoms with Crippen LogP contribution in [0.25, 0.3) is 114 Å². The van der Waals surface area contributed by atoms with E-state index in [2.05, 4.69) is 205 Å². The maximum absolute atomic E-state index is 2.45. The first kappa shape index (κ1) is 30.3. The van der Waals surface area contributed by atoms with Gasteiger partial charge in [0.05, 0.1) is 11.0 Å². The first-order chi connectivity index (χ1) is 27.3. The van der Waals surface area contributed by atoms with Crippen LogP contribution in [0.15, 0.2) is 200 Å². The molecule has 0 saturated carbocycles. The van der Waals surface area contributed by atoms with E-state index in [9.17, 15) is 0 Å². The second-order valence-corrected chi connectivity index (χ2v) is 14.8. The van der Waals surface area contributed by atoms with E-state index in [0.717, 1.165) is 0 Å².